The Morgan fingerprint density at radius 1 is 1.10 bits per heavy atom. The highest BCUT2D eigenvalue weighted by molar-refractivity contribution is 5.40. The number of halogens is 4. The van der Waals surface area contributed by atoms with Gasteiger partial charge in [0.15, 0.2) is 0 Å². The van der Waals surface area contributed by atoms with Crippen LogP contribution in [-0.2, 0) is 6.54 Å². The Kier molecular flexibility index (Phi) is 5.05. The highest BCUT2D eigenvalue weighted by Gasteiger charge is 2.20. The summed E-state index contributed by atoms with van der Waals surface area (Å²) in [6.07, 6.45) is 2.35. The Morgan fingerprint density at radius 3 is 2.40 bits per heavy atom. The summed E-state index contributed by atoms with van der Waals surface area (Å²) in [7, 11) is 0. The maximum atomic E-state index is 12.3. The molecule has 1 aliphatic carbocycles. The first-order chi connectivity index (χ1) is 9.54. The first-order valence-corrected chi connectivity index (χ1v) is 6.28. The second-order valence-corrected chi connectivity index (χ2v) is 4.60. The third-order valence-corrected chi connectivity index (χ3v) is 2.93. The third kappa shape index (κ3) is 4.88. The van der Waals surface area contributed by atoms with Crippen molar-refractivity contribution in [3.8, 4) is 11.5 Å². The second-order valence-electron chi connectivity index (χ2n) is 4.60. The fraction of sp³-hybridized carbons (Fsp3) is 0.538. The van der Waals surface area contributed by atoms with Crippen molar-refractivity contribution in [2.75, 3.05) is 6.54 Å². The Labute approximate surface area is 113 Å². The lowest BCUT2D eigenvalue weighted by Gasteiger charge is -2.13. The van der Waals surface area contributed by atoms with Gasteiger partial charge in [0.2, 0.25) is 0 Å². The van der Waals surface area contributed by atoms with Gasteiger partial charge >= 0.3 is 13.2 Å². The molecule has 2 rings (SSSR count). The van der Waals surface area contributed by atoms with E-state index in [0.29, 0.717) is 18.0 Å². The molecule has 0 heterocycles. The lowest BCUT2D eigenvalue weighted by atomic mass is 10.2. The SMILES string of the molecule is FC(F)Oc1ccc(CNCC2CC2)c(OC(F)F)c1. The van der Waals surface area contributed by atoms with E-state index in [1.54, 1.807) is 0 Å². The Balaban J connectivity index is 2.02. The van der Waals surface area contributed by atoms with Crippen LogP contribution in [-0.4, -0.2) is 19.8 Å². The van der Waals surface area contributed by atoms with Crippen LogP contribution in [0.3, 0.4) is 0 Å². The predicted molar refractivity (Wildman–Crippen MR) is 64.1 cm³/mol. The summed E-state index contributed by atoms with van der Waals surface area (Å²) in [6.45, 7) is -4.87. The normalized spacial score (nSPS) is 14.9. The molecule has 0 unspecified atom stereocenters. The molecular formula is C13H15F4NO2. The van der Waals surface area contributed by atoms with E-state index in [2.05, 4.69) is 14.8 Å². The van der Waals surface area contributed by atoms with Gasteiger partial charge in [0.1, 0.15) is 11.5 Å². The molecule has 1 aromatic carbocycles. The number of nitrogens with one attached hydrogen (secondary N) is 1. The van der Waals surface area contributed by atoms with Gasteiger partial charge < -0.3 is 14.8 Å². The number of alkyl halides is 4. The average molecular weight is 293 g/mol. The first kappa shape index (κ1) is 14.9. The molecule has 1 saturated carbocycles. The summed E-state index contributed by atoms with van der Waals surface area (Å²) in [5.74, 6) is 0.291. The van der Waals surface area contributed by atoms with Crippen molar-refractivity contribution in [2.24, 2.45) is 5.92 Å². The molecule has 112 valence electrons. The summed E-state index contributed by atoms with van der Waals surface area (Å²) in [5, 5.41) is 3.12. The lowest BCUT2D eigenvalue weighted by molar-refractivity contribution is -0.0546. The van der Waals surface area contributed by atoms with Crippen LogP contribution in [0, 0.1) is 5.92 Å². The van der Waals surface area contributed by atoms with Crippen LogP contribution in [0.15, 0.2) is 18.2 Å². The quantitative estimate of drug-likeness (QED) is 0.745. The minimum absolute atomic E-state index is 0.151. The maximum absolute atomic E-state index is 12.3. The van der Waals surface area contributed by atoms with Gasteiger partial charge in [-0.25, -0.2) is 0 Å². The number of hydrogen-bond donors (Lipinski definition) is 1. The van der Waals surface area contributed by atoms with Crippen LogP contribution in [0.2, 0.25) is 0 Å². The molecule has 20 heavy (non-hydrogen) atoms. The monoisotopic (exact) mass is 293 g/mol. The largest absolute Gasteiger partial charge is 0.435 e. The van der Waals surface area contributed by atoms with Gasteiger partial charge in [-0.3, -0.25) is 0 Å². The molecule has 3 nitrogen and oxygen atoms in total. The zero-order valence-corrected chi connectivity index (χ0v) is 10.6. The number of benzene rings is 1. The van der Waals surface area contributed by atoms with E-state index in [-0.39, 0.29) is 11.5 Å². The molecule has 1 fully saturated rings. The molecule has 0 radical (unpaired) electrons. The second kappa shape index (κ2) is 6.78. The van der Waals surface area contributed by atoms with E-state index in [1.807, 2.05) is 0 Å². The molecule has 0 saturated heterocycles. The van der Waals surface area contributed by atoms with Crippen molar-refractivity contribution in [3.63, 3.8) is 0 Å². The number of hydrogen-bond acceptors (Lipinski definition) is 3. The molecule has 0 aliphatic heterocycles. The van der Waals surface area contributed by atoms with Gasteiger partial charge in [-0.2, -0.15) is 17.6 Å². The summed E-state index contributed by atoms with van der Waals surface area (Å²) in [4.78, 5) is 0. The zero-order chi connectivity index (χ0) is 14.5. The van der Waals surface area contributed by atoms with Gasteiger partial charge in [-0.15, -0.1) is 0 Å². The summed E-state index contributed by atoms with van der Waals surface area (Å²) < 4.78 is 57.3. The first-order valence-electron chi connectivity index (χ1n) is 6.28. The molecular weight excluding hydrogens is 278 g/mol. The van der Waals surface area contributed by atoms with E-state index in [4.69, 9.17) is 0 Å². The molecule has 0 amide bonds. The zero-order valence-electron chi connectivity index (χ0n) is 10.6. The summed E-state index contributed by atoms with van der Waals surface area (Å²) >= 11 is 0. The smallest absolute Gasteiger partial charge is 0.387 e. The fourth-order valence-electron chi connectivity index (χ4n) is 1.80. The fourth-order valence-corrected chi connectivity index (χ4v) is 1.80. The topological polar surface area (TPSA) is 30.5 Å². The van der Waals surface area contributed by atoms with Crippen molar-refractivity contribution in [3.05, 3.63) is 23.8 Å². The minimum atomic E-state index is -3.01. The van der Waals surface area contributed by atoms with Crippen molar-refractivity contribution in [1.82, 2.24) is 5.32 Å². The molecule has 1 aromatic rings. The highest BCUT2D eigenvalue weighted by atomic mass is 19.3. The molecule has 1 aliphatic rings. The van der Waals surface area contributed by atoms with E-state index in [9.17, 15) is 17.6 Å². The van der Waals surface area contributed by atoms with Crippen LogP contribution in [0.5, 0.6) is 11.5 Å². The third-order valence-electron chi connectivity index (χ3n) is 2.93. The molecule has 0 atom stereocenters. The van der Waals surface area contributed by atoms with Crippen LogP contribution in [0.4, 0.5) is 17.6 Å². The Bertz CT molecular complexity index is 438. The molecule has 1 N–H and O–H groups in total. The van der Waals surface area contributed by atoms with Gasteiger partial charge in [-0.05, 0) is 31.4 Å². The van der Waals surface area contributed by atoms with Crippen molar-refractivity contribution in [2.45, 2.75) is 32.6 Å². The van der Waals surface area contributed by atoms with Crippen LogP contribution in [0.1, 0.15) is 18.4 Å². The molecule has 7 heteroatoms. The van der Waals surface area contributed by atoms with Gasteiger partial charge in [0.05, 0.1) is 0 Å². The maximum Gasteiger partial charge on any atom is 0.387 e. The van der Waals surface area contributed by atoms with Gasteiger partial charge in [0, 0.05) is 18.2 Å². The van der Waals surface area contributed by atoms with E-state index in [0.717, 1.165) is 12.6 Å². The van der Waals surface area contributed by atoms with Crippen LogP contribution in [0.25, 0.3) is 0 Å². The summed E-state index contributed by atoms with van der Waals surface area (Å²) in [5.41, 5.74) is 0.479. The van der Waals surface area contributed by atoms with Crippen LogP contribution < -0.4 is 14.8 Å². The van der Waals surface area contributed by atoms with E-state index in [1.165, 1.54) is 25.0 Å². The lowest BCUT2D eigenvalue weighted by Crippen LogP contribution is -2.17. The van der Waals surface area contributed by atoms with E-state index < -0.39 is 13.2 Å². The van der Waals surface area contributed by atoms with Crippen molar-refractivity contribution < 1.29 is 27.0 Å². The van der Waals surface area contributed by atoms with Crippen molar-refractivity contribution in [1.29, 1.82) is 0 Å². The standard InChI is InChI=1S/C13H15F4NO2/c14-12(15)19-10-4-3-9(7-18-6-8-1-2-8)11(5-10)20-13(16)17/h3-5,8,12-13,18H,1-2,6-7H2. The minimum Gasteiger partial charge on any atom is -0.435 e. The Morgan fingerprint density at radius 2 is 1.80 bits per heavy atom. The van der Waals surface area contributed by atoms with Crippen molar-refractivity contribution >= 4 is 0 Å². The van der Waals surface area contributed by atoms with Gasteiger partial charge in [0.25, 0.3) is 0 Å². The predicted octanol–water partition coefficient (Wildman–Crippen LogP) is 3.39. The molecule has 0 bridgehead atoms. The van der Waals surface area contributed by atoms with E-state index >= 15 is 0 Å². The number of rotatable bonds is 8. The van der Waals surface area contributed by atoms with Gasteiger partial charge in [-0.1, -0.05) is 6.07 Å². The number of ether oxygens (including phenoxy) is 2. The average Bonchev–Trinajstić information content (AvgIpc) is 3.14. The highest BCUT2D eigenvalue weighted by Crippen LogP contribution is 2.29. The Hall–Kier alpha value is -1.50. The summed E-state index contributed by atoms with van der Waals surface area (Å²) in [6, 6.07) is 3.79. The van der Waals surface area contributed by atoms with Crippen LogP contribution >= 0.6 is 0 Å². The molecule has 0 spiro atoms. The molecule has 0 aromatic heterocycles.